The number of hydrogen-bond acceptors (Lipinski definition) is 4. The molecule has 6 heteroatoms. The zero-order chi connectivity index (χ0) is 10.8. The fourth-order valence-electron chi connectivity index (χ4n) is 1.08. The third kappa shape index (κ3) is 1.97. The number of carboxylic acid groups (broad SMARTS) is 1. The lowest BCUT2D eigenvalue weighted by molar-refractivity contribution is 0.0690. The predicted molar refractivity (Wildman–Crippen MR) is 51.7 cm³/mol. The number of carbonyl (C=O) groups is 1. The fraction of sp³-hybridized carbons (Fsp3) is 0. The van der Waals surface area contributed by atoms with Crippen LogP contribution in [0, 0.1) is 0 Å². The molecule has 0 saturated carbocycles. The number of nitrogens with zero attached hydrogens (tertiary/aromatic N) is 2. The van der Waals surface area contributed by atoms with Crippen molar-refractivity contribution in [1.29, 1.82) is 0 Å². The van der Waals surface area contributed by atoms with Gasteiger partial charge in [-0.3, -0.25) is 0 Å². The van der Waals surface area contributed by atoms with E-state index in [9.17, 15) is 4.79 Å². The highest BCUT2D eigenvalue weighted by Gasteiger charge is 2.11. The van der Waals surface area contributed by atoms with Crippen LogP contribution in [0.4, 0.5) is 0 Å². The largest absolute Gasteiger partial charge is 0.477 e. The summed E-state index contributed by atoms with van der Waals surface area (Å²) in [5, 5.41) is 8.63. The quantitative estimate of drug-likeness (QED) is 0.791. The maximum atomic E-state index is 10.7. The Bertz CT molecular complexity index is 496. The van der Waals surface area contributed by atoms with Gasteiger partial charge in [0.1, 0.15) is 5.69 Å². The van der Waals surface area contributed by atoms with Crippen molar-refractivity contribution in [1.82, 2.24) is 9.97 Å². The minimum Gasteiger partial charge on any atom is -0.477 e. The number of aromatic nitrogens is 2. The first-order chi connectivity index (χ1) is 7.16. The standard InChI is InChI=1S/C9H5ClN2O3/c10-9-11-5(7-2-1-3-15-7)4-6(12-9)8(13)14/h1-4H,(H,13,14). The highest BCUT2D eigenvalue weighted by Crippen LogP contribution is 2.19. The smallest absolute Gasteiger partial charge is 0.354 e. The first-order valence-corrected chi connectivity index (χ1v) is 4.36. The number of furan rings is 1. The Morgan fingerprint density at radius 2 is 2.27 bits per heavy atom. The van der Waals surface area contributed by atoms with E-state index in [1.807, 2.05) is 0 Å². The molecule has 2 rings (SSSR count). The molecular formula is C9H5ClN2O3. The molecule has 0 saturated heterocycles. The number of rotatable bonds is 2. The minimum absolute atomic E-state index is 0.124. The van der Waals surface area contributed by atoms with Crippen molar-refractivity contribution in [2.45, 2.75) is 0 Å². The molecule has 0 radical (unpaired) electrons. The summed E-state index contributed by atoms with van der Waals surface area (Å²) in [4.78, 5) is 18.1. The van der Waals surface area contributed by atoms with Gasteiger partial charge < -0.3 is 9.52 Å². The van der Waals surface area contributed by atoms with Crippen LogP contribution in [0.2, 0.25) is 5.28 Å². The molecule has 0 atom stereocenters. The van der Waals surface area contributed by atoms with Crippen LogP contribution >= 0.6 is 11.6 Å². The molecular weight excluding hydrogens is 220 g/mol. The maximum absolute atomic E-state index is 10.7. The number of hydrogen-bond donors (Lipinski definition) is 1. The van der Waals surface area contributed by atoms with Crippen LogP contribution < -0.4 is 0 Å². The van der Waals surface area contributed by atoms with Gasteiger partial charge in [-0.2, -0.15) is 0 Å². The molecule has 2 heterocycles. The van der Waals surface area contributed by atoms with E-state index in [2.05, 4.69) is 9.97 Å². The molecule has 0 unspecified atom stereocenters. The number of halogens is 1. The Morgan fingerprint density at radius 1 is 1.47 bits per heavy atom. The van der Waals surface area contributed by atoms with Crippen LogP contribution in [0.5, 0.6) is 0 Å². The van der Waals surface area contributed by atoms with E-state index in [0.717, 1.165) is 0 Å². The second-order valence-electron chi connectivity index (χ2n) is 2.69. The molecule has 0 aromatic carbocycles. The summed E-state index contributed by atoms with van der Waals surface area (Å²) in [6.07, 6.45) is 1.46. The van der Waals surface area contributed by atoms with Crippen LogP contribution in [-0.4, -0.2) is 21.0 Å². The van der Waals surface area contributed by atoms with Crippen molar-refractivity contribution < 1.29 is 14.3 Å². The topological polar surface area (TPSA) is 76.2 Å². The summed E-state index contributed by atoms with van der Waals surface area (Å²) in [5.41, 5.74) is 0.179. The van der Waals surface area contributed by atoms with E-state index in [-0.39, 0.29) is 11.0 Å². The molecule has 0 spiro atoms. The first kappa shape index (κ1) is 9.67. The van der Waals surface area contributed by atoms with E-state index < -0.39 is 5.97 Å². The molecule has 2 aromatic heterocycles. The van der Waals surface area contributed by atoms with Gasteiger partial charge >= 0.3 is 5.97 Å². The van der Waals surface area contributed by atoms with E-state index >= 15 is 0 Å². The molecule has 15 heavy (non-hydrogen) atoms. The maximum Gasteiger partial charge on any atom is 0.354 e. The van der Waals surface area contributed by atoms with Crippen molar-refractivity contribution in [2.24, 2.45) is 0 Å². The van der Waals surface area contributed by atoms with Crippen molar-refractivity contribution >= 4 is 17.6 Å². The number of aromatic carboxylic acids is 1. The average molecular weight is 225 g/mol. The van der Waals surface area contributed by atoms with Gasteiger partial charge in [0, 0.05) is 6.07 Å². The van der Waals surface area contributed by atoms with Gasteiger partial charge in [-0.25, -0.2) is 14.8 Å². The van der Waals surface area contributed by atoms with E-state index in [1.165, 1.54) is 12.3 Å². The van der Waals surface area contributed by atoms with Gasteiger partial charge in [0.25, 0.3) is 0 Å². The summed E-state index contributed by atoms with van der Waals surface area (Å²) in [6.45, 7) is 0. The zero-order valence-electron chi connectivity index (χ0n) is 7.35. The molecule has 0 aliphatic heterocycles. The van der Waals surface area contributed by atoms with Gasteiger partial charge in [-0.15, -0.1) is 0 Å². The van der Waals surface area contributed by atoms with Crippen LogP contribution in [0.3, 0.4) is 0 Å². The Balaban J connectivity index is 2.54. The van der Waals surface area contributed by atoms with Crippen molar-refractivity contribution in [3.05, 3.63) is 35.4 Å². The van der Waals surface area contributed by atoms with Gasteiger partial charge in [0.2, 0.25) is 5.28 Å². The van der Waals surface area contributed by atoms with E-state index in [1.54, 1.807) is 12.1 Å². The van der Waals surface area contributed by atoms with Crippen molar-refractivity contribution in [3.63, 3.8) is 0 Å². The van der Waals surface area contributed by atoms with Gasteiger partial charge in [0.15, 0.2) is 11.5 Å². The Morgan fingerprint density at radius 3 is 2.87 bits per heavy atom. The highest BCUT2D eigenvalue weighted by atomic mass is 35.5. The van der Waals surface area contributed by atoms with Crippen molar-refractivity contribution in [3.8, 4) is 11.5 Å². The number of carboxylic acids is 1. The normalized spacial score (nSPS) is 10.2. The predicted octanol–water partition coefficient (Wildman–Crippen LogP) is 2.09. The summed E-state index contributed by atoms with van der Waals surface area (Å²) in [7, 11) is 0. The molecule has 0 aliphatic rings. The second kappa shape index (κ2) is 3.70. The van der Waals surface area contributed by atoms with Gasteiger partial charge in [-0.1, -0.05) is 0 Å². The van der Waals surface area contributed by atoms with Gasteiger partial charge in [-0.05, 0) is 23.7 Å². The third-order valence-corrected chi connectivity index (χ3v) is 1.86. The molecule has 0 amide bonds. The molecule has 1 N–H and O–H groups in total. The van der Waals surface area contributed by atoms with Crippen LogP contribution in [0.1, 0.15) is 10.5 Å². The van der Waals surface area contributed by atoms with Crippen LogP contribution in [0.15, 0.2) is 28.9 Å². The molecule has 0 bridgehead atoms. The molecule has 0 fully saturated rings. The van der Waals surface area contributed by atoms with E-state index in [4.69, 9.17) is 21.1 Å². The Kier molecular flexibility index (Phi) is 2.39. The molecule has 5 nitrogen and oxygen atoms in total. The van der Waals surface area contributed by atoms with Crippen LogP contribution in [-0.2, 0) is 0 Å². The Labute approximate surface area is 89.3 Å². The van der Waals surface area contributed by atoms with Gasteiger partial charge in [0.05, 0.1) is 6.26 Å². The Hall–Kier alpha value is -1.88. The average Bonchev–Trinajstić information content (AvgIpc) is 2.69. The molecule has 0 aliphatic carbocycles. The fourth-order valence-corrected chi connectivity index (χ4v) is 1.26. The summed E-state index contributed by atoms with van der Waals surface area (Å²) in [6, 6.07) is 4.63. The summed E-state index contributed by atoms with van der Waals surface area (Å²) >= 11 is 5.58. The van der Waals surface area contributed by atoms with Crippen LogP contribution in [0.25, 0.3) is 11.5 Å². The first-order valence-electron chi connectivity index (χ1n) is 3.98. The lowest BCUT2D eigenvalue weighted by Crippen LogP contribution is -2.02. The second-order valence-corrected chi connectivity index (χ2v) is 3.03. The minimum atomic E-state index is -1.16. The third-order valence-electron chi connectivity index (χ3n) is 1.69. The summed E-state index contributed by atoms with van der Waals surface area (Å²) in [5.74, 6) is -0.714. The molecule has 2 aromatic rings. The highest BCUT2D eigenvalue weighted by molar-refractivity contribution is 6.28. The van der Waals surface area contributed by atoms with E-state index in [0.29, 0.717) is 11.5 Å². The lowest BCUT2D eigenvalue weighted by Gasteiger charge is -1.98. The zero-order valence-corrected chi connectivity index (χ0v) is 8.10. The monoisotopic (exact) mass is 224 g/mol. The van der Waals surface area contributed by atoms with Crippen molar-refractivity contribution in [2.75, 3.05) is 0 Å². The molecule has 76 valence electrons. The summed E-state index contributed by atoms with van der Waals surface area (Å²) < 4.78 is 5.07. The lowest BCUT2D eigenvalue weighted by atomic mass is 10.3. The SMILES string of the molecule is O=C(O)c1cc(-c2ccco2)nc(Cl)n1.